The number of urea groups is 1. The number of carbonyl (C=O) groups excluding carboxylic acids is 3. The molecule has 0 radical (unpaired) electrons. The minimum Gasteiger partial charge on any atom is -0.376 e. The summed E-state index contributed by atoms with van der Waals surface area (Å²) in [7, 11) is 0. The number of halogens is 1. The number of nitrogens with one attached hydrogen (secondary N) is 2. The third-order valence-electron chi connectivity index (χ3n) is 7.24. The van der Waals surface area contributed by atoms with E-state index in [-0.39, 0.29) is 37.0 Å². The lowest BCUT2D eigenvalue weighted by Crippen LogP contribution is -2.51. The molecule has 0 aromatic heterocycles. The summed E-state index contributed by atoms with van der Waals surface area (Å²) in [5.74, 6) is -1.02. The Morgan fingerprint density at radius 1 is 1.18 bits per heavy atom. The predicted molar refractivity (Wildman–Crippen MR) is 139 cm³/mol. The average molecular weight is 519 g/mol. The maximum absolute atomic E-state index is 14.0. The van der Waals surface area contributed by atoms with Crippen molar-refractivity contribution in [2.75, 3.05) is 26.2 Å². The smallest absolute Gasteiger partial charge is 0.322 e. The number of ether oxygens (including phenoxy) is 1. The van der Waals surface area contributed by atoms with Gasteiger partial charge in [-0.1, -0.05) is 48.5 Å². The number of amides is 4. The van der Waals surface area contributed by atoms with Crippen LogP contribution in [0.1, 0.15) is 30.0 Å². The first-order chi connectivity index (χ1) is 18.5. The lowest BCUT2D eigenvalue weighted by Gasteiger charge is -2.33. The maximum atomic E-state index is 14.0. The van der Waals surface area contributed by atoms with E-state index < -0.39 is 17.9 Å². The third kappa shape index (κ3) is 5.19. The van der Waals surface area contributed by atoms with Crippen molar-refractivity contribution in [2.45, 2.75) is 37.5 Å². The Bertz CT molecular complexity index is 1240. The molecule has 0 saturated carbocycles. The Kier molecular flexibility index (Phi) is 7.55. The van der Waals surface area contributed by atoms with Gasteiger partial charge in [0.2, 0.25) is 5.91 Å². The van der Waals surface area contributed by atoms with Crippen LogP contribution in [0.2, 0.25) is 0 Å². The first-order valence-electron chi connectivity index (χ1n) is 12.9. The number of nitrogens with zero attached hydrogens (tertiary/aromatic N) is 2. The fourth-order valence-electron chi connectivity index (χ4n) is 5.31. The second kappa shape index (κ2) is 11.2. The van der Waals surface area contributed by atoms with Crippen LogP contribution in [0, 0.1) is 5.82 Å². The molecule has 2 aromatic rings. The van der Waals surface area contributed by atoms with Crippen molar-refractivity contribution < 1.29 is 23.5 Å². The molecule has 3 aliphatic heterocycles. The van der Waals surface area contributed by atoms with Crippen LogP contribution in [-0.4, -0.2) is 66.0 Å². The summed E-state index contributed by atoms with van der Waals surface area (Å²) in [4.78, 5) is 43.7. The van der Waals surface area contributed by atoms with E-state index in [2.05, 4.69) is 17.2 Å². The molecule has 3 atom stereocenters. The van der Waals surface area contributed by atoms with Gasteiger partial charge >= 0.3 is 6.03 Å². The molecule has 1 fully saturated rings. The molecule has 4 amide bonds. The van der Waals surface area contributed by atoms with E-state index in [0.29, 0.717) is 36.4 Å². The van der Waals surface area contributed by atoms with Gasteiger partial charge in [0.25, 0.3) is 5.91 Å². The second-order valence-corrected chi connectivity index (χ2v) is 9.71. The Morgan fingerprint density at radius 3 is 2.63 bits per heavy atom. The Labute approximate surface area is 221 Å². The number of rotatable bonds is 9. The van der Waals surface area contributed by atoms with Crippen molar-refractivity contribution >= 4 is 17.8 Å². The molecule has 1 saturated heterocycles. The molecule has 3 heterocycles. The van der Waals surface area contributed by atoms with Crippen molar-refractivity contribution in [2.24, 2.45) is 0 Å². The number of hydrogen-bond donors (Lipinski definition) is 2. The van der Waals surface area contributed by atoms with Crippen LogP contribution in [0.15, 0.2) is 78.5 Å². The van der Waals surface area contributed by atoms with Gasteiger partial charge in [0, 0.05) is 26.1 Å². The van der Waals surface area contributed by atoms with Gasteiger partial charge in [0.1, 0.15) is 11.9 Å². The van der Waals surface area contributed by atoms with Crippen LogP contribution in [0.25, 0.3) is 0 Å². The lowest BCUT2D eigenvalue weighted by molar-refractivity contribution is -0.136. The summed E-state index contributed by atoms with van der Waals surface area (Å²) in [6.07, 6.45) is 3.70. The molecule has 38 heavy (non-hydrogen) atoms. The monoisotopic (exact) mass is 518 g/mol. The van der Waals surface area contributed by atoms with Crippen LogP contribution in [-0.2, 0) is 20.7 Å². The van der Waals surface area contributed by atoms with E-state index in [1.165, 1.54) is 21.9 Å². The topological polar surface area (TPSA) is 91.0 Å². The van der Waals surface area contributed by atoms with Crippen LogP contribution >= 0.6 is 0 Å². The molecular weight excluding hydrogens is 487 g/mol. The van der Waals surface area contributed by atoms with E-state index in [1.807, 2.05) is 30.3 Å². The Morgan fingerprint density at radius 2 is 1.95 bits per heavy atom. The van der Waals surface area contributed by atoms with Crippen molar-refractivity contribution in [3.8, 4) is 0 Å². The SMILES string of the molecule is C=CCN1C(=O)NC(c2ccc(F)cc2)C2=C1CN(C(Cc1ccccc1)C(=O)NCC1CCCO1)C2=O. The van der Waals surface area contributed by atoms with Gasteiger partial charge in [-0.3, -0.25) is 14.5 Å². The molecule has 2 aromatic carbocycles. The van der Waals surface area contributed by atoms with Gasteiger partial charge in [-0.15, -0.1) is 6.58 Å². The van der Waals surface area contributed by atoms with Crippen LogP contribution in [0.5, 0.6) is 0 Å². The third-order valence-corrected chi connectivity index (χ3v) is 7.24. The fourth-order valence-corrected chi connectivity index (χ4v) is 5.31. The van der Waals surface area contributed by atoms with Gasteiger partial charge in [-0.05, 0) is 36.1 Å². The first-order valence-corrected chi connectivity index (χ1v) is 12.9. The average Bonchev–Trinajstić information content (AvgIpc) is 3.57. The van der Waals surface area contributed by atoms with Crippen molar-refractivity contribution in [1.82, 2.24) is 20.4 Å². The van der Waals surface area contributed by atoms with Crippen LogP contribution in [0.4, 0.5) is 9.18 Å². The highest BCUT2D eigenvalue weighted by atomic mass is 19.1. The van der Waals surface area contributed by atoms with E-state index in [9.17, 15) is 18.8 Å². The summed E-state index contributed by atoms with van der Waals surface area (Å²) >= 11 is 0. The molecule has 5 rings (SSSR count). The maximum Gasteiger partial charge on any atom is 0.322 e. The number of carbonyl (C=O) groups is 3. The first kappa shape index (κ1) is 25.7. The minimum atomic E-state index is -0.800. The van der Waals surface area contributed by atoms with Gasteiger partial charge < -0.3 is 20.3 Å². The van der Waals surface area contributed by atoms with Gasteiger partial charge in [-0.2, -0.15) is 0 Å². The number of benzene rings is 2. The summed E-state index contributed by atoms with van der Waals surface area (Å²) in [6.45, 7) is 5.11. The van der Waals surface area contributed by atoms with Crippen LogP contribution in [0.3, 0.4) is 0 Å². The highest BCUT2D eigenvalue weighted by Crippen LogP contribution is 2.37. The summed E-state index contributed by atoms with van der Waals surface area (Å²) in [5.41, 5.74) is 2.40. The van der Waals surface area contributed by atoms with E-state index in [4.69, 9.17) is 4.74 Å². The zero-order chi connectivity index (χ0) is 26.6. The normalized spacial score (nSPS) is 21.8. The lowest BCUT2D eigenvalue weighted by atomic mass is 9.95. The van der Waals surface area contributed by atoms with Crippen molar-refractivity contribution in [3.63, 3.8) is 0 Å². The Hall–Kier alpha value is -3.98. The van der Waals surface area contributed by atoms with E-state index >= 15 is 0 Å². The van der Waals surface area contributed by atoms with E-state index in [1.54, 1.807) is 18.2 Å². The molecule has 198 valence electrons. The Balaban J connectivity index is 1.47. The molecule has 3 aliphatic rings. The largest absolute Gasteiger partial charge is 0.376 e. The molecular formula is C29H31FN4O4. The standard InChI is InChI=1S/C29H31FN4O4/c1-2-14-33-24-18-34(28(36)25(24)26(32-29(33)37)20-10-12-21(30)13-11-20)23(16-19-7-4-3-5-8-19)27(35)31-17-22-9-6-15-38-22/h2-5,7-8,10-13,22-23,26H,1,6,9,14-18H2,(H,31,35)(H,32,37). The van der Waals surface area contributed by atoms with Gasteiger partial charge in [0.15, 0.2) is 0 Å². The second-order valence-electron chi connectivity index (χ2n) is 9.71. The van der Waals surface area contributed by atoms with Gasteiger partial charge in [-0.25, -0.2) is 9.18 Å². The zero-order valence-corrected chi connectivity index (χ0v) is 21.1. The predicted octanol–water partition coefficient (Wildman–Crippen LogP) is 3.08. The summed E-state index contributed by atoms with van der Waals surface area (Å²) in [6, 6.07) is 13.3. The minimum absolute atomic E-state index is 0.0373. The molecule has 3 unspecified atom stereocenters. The molecule has 2 N–H and O–H groups in total. The van der Waals surface area contributed by atoms with Crippen molar-refractivity contribution in [1.29, 1.82) is 0 Å². The zero-order valence-electron chi connectivity index (χ0n) is 21.1. The van der Waals surface area contributed by atoms with Gasteiger partial charge in [0.05, 0.1) is 30.0 Å². The highest BCUT2D eigenvalue weighted by molar-refractivity contribution is 6.03. The molecule has 8 nitrogen and oxygen atoms in total. The van der Waals surface area contributed by atoms with Crippen molar-refractivity contribution in [3.05, 3.63) is 95.5 Å². The molecule has 9 heteroatoms. The quantitative estimate of drug-likeness (QED) is 0.500. The molecule has 0 aliphatic carbocycles. The molecule has 0 spiro atoms. The fraction of sp³-hybridized carbons (Fsp3) is 0.345. The summed E-state index contributed by atoms with van der Waals surface area (Å²) < 4.78 is 19.3. The highest BCUT2D eigenvalue weighted by Gasteiger charge is 2.47. The van der Waals surface area contributed by atoms with E-state index in [0.717, 1.165) is 18.4 Å². The number of hydrogen-bond acceptors (Lipinski definition) is 4. The summed E-state index contributed by atoms with van der Waals surface area (Å²) in [5, 5.41) is 5.87. The van der Waals surface area contributed by atoms with Crippen LogP contribution < -0.4 is 10.6 Å². The molecule has 0 bridgehead atoms.